The molecular formula is C8H14ClN3O3. The molecule has 7 heteroatoms. The summed E-state index contributed by atoms with van der Waals surface area (Å²) < 4.78 is 0. The molecule has 1 atom stereocenters. The summed E-state index contributed by atoms with van der Waals surface area (Å²) >= 11 is 5.45. The maximum absolute atomic E-state index is 11.3. The van der Waals surface area contributed by atoms with Crippen molar-refractivity contribution in [2.75, 3.05) is 20.6 Å². The van der Waals surface area contributed by atoms with Gasteiger partial charge in [-0.1, -0.05) is 0 Å². The number of amides is 4. The van der Waals surface area contributed by atoms with Gasteiger partial charge < -0.3 is 10.2 Å². The third kappa shape index (κ3) is 5.21. The molecule has 0 spiro atoms. The van der Waals surface area contributed by atoms with E-state index in [1.54, 1.807) is 0 Å². The molecule has 0 aromatic carbocycles. The molecule has 0 saturated carbocycles. The minimum atomic E-state index is -0.789. The van der Waals surface area contributed by atoms with Gasteiger partial charge in [-0.2, -0.15) is 0 Å². The van der Waals surface area contributed by atoms with Crippen LogP contribution in [0, 0.1) is 0 Å². The van der Waals surface area contributed by atoms with E-state index in [4.69, 9.17) is 11.6 Å². The highest BCUT2D eigenvalue weighted by Gasteiger charge is 2.17. The van der Waals surface area contributed by atoms with Crippen molar-refractivity contribution in [3.05, 3.63) is 0 Å². The van der Waals surface area contributed by atoms with E-state index >= 15 is 0 Å². The summed E-state index contributed by atoms with van der Waals surface area (Å²) in [5, 5.41) is 3.61. The second-order valence-corrected chi connectivity index (χ2v) is 3.59. The highest BCUT2D eigenvalue weighted by molar-refractivity contribution is 6.31. The van der Waals surface area contributed by atoms with E-state index in [1.165, 1.54) is 21.0 Å². The number of nitrogens with zero attached hydrogens (tertiary/aromatic N) is 1. The summed E-state index contributed by atoms with van der Waals surface area (Å²) in [6.45, 7) is 1.33. The molecule has 0 radical (unpaired) electrons. The van der Waals surface area contributed by atoms with Crippen molar-refractivity contribution in [2.24, 2.45) is 0 Å². The lowest BCUT2D eigenvalue weighted by Gasteiger charge is -2.16. The Balaban J connectivity index is 4.10. The standard InChI is InChI=1S/C8H14ClN3O3/c1-5(9)7(14)11-8(15)12(3)4-6(13)10-2/h5H,4H2,1-3H3,(H,10,13)(H,11,14,15). The van der Waals surface area contributed by atoms with Crippen LogP contribution in [0.2, 0.25) is 0 Å². The highest BCUT2D eigenvalue weighted by atomic mass is 35.5. The predicted molar refractivity (Wildman–Crippen MR) is 55.6 cm³/mol. The number of likely N-dealkylation sites (N-methyl/N-ethyl adjacent to an activating group) is 2. The number of rotatable bonds is 3. The Bertz CT molecular complexity index is 268. The molecule has 1 unspecified atom stereocenters. The lowest BCUT2D eigenvalue weighted by Crippen LogP contribution is -2.46. The summed E-state index contributed by atoms with van der Waals surface area (Å²) in [4.78, 5) is 34.3. The number of alkyl halides is 1. The zero-order valence-electron chi connectivity index (χ0n) is 8.83. The quantitative estimate of drug-likeness (QED) is 0.649. The van der Waals surface area contributed by atoms with Crippen molar-refractivity contribution in [1.29, 1.82) is 0 Å². The predicted octanol–water partition coefficient (Wildman–Crippen LogP) is -0.472. The summed E-state index contributed by atoms with van der Waals surface area (Å²) in [5.74, 6) is -0.913. The van der Waals surface area contributed by atoms with Crippen LogP contribution in [0.3, 0.4) is 0 Å². The van der Waals surface area contributed by atoms with Crippen LogP contribution in [0.25, 0.3) is 0 Å². The number of hydrogen-bond acceptors (Lipinski definition) is 3. The molecule has 4 amide bonds. The van der Waals surface area contributed by atoms with Crippen LogP contribution in [-0.4, -0.2) is 48.8 Å². The molecule has 0 aromatic rings. The monoisotopic (exact) mass is 235 g/mol. The third-order valence-corrected chi connectivity index (χ3v) is 1.80. The average Bonchev–Trinajstić information content (AvgIpc) is 2.16. The van der Waals surface area contributed by atoms with E-state index in [2.05, 4.69) is 5.32 Å². The van der Waals surface area contributed by atoms with Gasteiger partial charge in [-0.25, -0.2) is 4.79 Å². The van der Waals surface area contributed by atoms with Crippen LogP contribution >= 0.6 is 11.6 Å². The molecule has 6 nitrogen and oxygen atoms in total. The van der Waals surface area contributed by atoms with E-state index in [0.717, 1.165) is 4.90 Å². The van der Waals surface area contributed by atoms with E-state index in [9.17, 15) is 14.4 Å². The molecular weight excluding hydrogens is 222 g/mol. The minimum Gasteiger partial charge on any atom is -0.358 e. The van der Waals surface area contributed by atoms with Crippen LogP contribution in [0.5, 0.6) is 0 Å². The summed E-state index contributed by atoms with van der Waals surface area (Å²) in [6, 6.07) is -0.656. The van der Waals surface area contributed by atoms with Crippen molar-refractivity contribution in [3.63, 3.8) is 0 Å². The fourth-order valence-electron chi connectivity index (χ4n) is 0.667. The molecule has 0 aliphatic rings. The van der Waals surface area contributed by atoms with Gasteiger partial charge in [0.2, 0.25) is 11.8 Å². The molecule has 0 rings (SSSR count). The van der Waals surface area contributed by atoms with Gasteiger partial charge in [0, 0.05) is 14.1 Å². The van der Waals surface area contributed by atoms with Crippen LogP contribution in [-0.2, 0) is 9.59 Å². The van der Waals surface area contributed by atoms with Crippen molar-refractivity contribution in [1.82, 2.24) is 15.5 Å². The van der Waals surface area contributed by atoms with E-state index in [-0.39, 0.29) is 12.5 Å². The topological polar surface area (TPSA) is 78.5 Å². The van der Waals surface area contributed by atoms with Crippen molar-refractivity contribution < 1.29 is 14.4 Å². The third-order valence-electron chi connectivity index (χ3n) is 1.60. The maximum atomic E-state index is 11.3. The molecule has 2 N–H and O–H groups in total. The van der Waals surface area contributed by atoms with Gasteiger partial charge in [-0.15, -0.1) is 11.6 Å². The Labute approximate surface area is 92.9 Å². The molecule has 0 aliphatic carbocycles. The Morgan fingerprint density at radius 2 is 1.93 bits per heavy atom. The van der Waals surface area contributed by atoms with Gasteiger partial charge in [0.25, 0.3) is 0 Å². The van der Waals surface area contributed by atoms with Crippen molar-refractivity contribution >= 4 is 29.4 Å². The van der Waals surface area contributed by atoms with Crippen LogP contribution in [0.15, 0.2) is 0 Å². The molecule has 0 bridgehead atoms. The minimum absolute atomic E-state index is 0.119. The number of hydrogen-bond donors (Lipinski definition) is 2. The smallest absolute Gasteiger partial charge is 0.324 e. The van der Waals surface area contributed by atoms with Gasteiger partial charge in [0.1, 0.15) is 11.9 Å². The van der Waals surface area contributed by atoms with Gasteiger partial charge in [-0.05, 0) is 6.92 Å². The molecule has 86 valence electrons. The number of halogens is 1. The first-order valence-electron chi connectivity index (χ1n) is 4.29. The Morgan fingerprint density at radius 3 is 2.33 bits per heavy atom. The van der Waals surface area contributed by atoms with Gasteiger partial charge in [-0.3, -0.25) is 14.9 Å². The SMILES string of the molecule is CNC(=O)CN(C)C(=O)NC(=O)C(C)Cl. The molecule has 15 heavy (non-hydrogen) atoms. The Hall–Kier alpha value is -1.30. The van der Waals surface area contributed by atoms with Crippen LogP contribution < -0.4 is 10.6 Å². The summed E-state index contributed by atoms with van der Waals surface area (Å²) in [7, 11) is 2.86. The lowest BCUT2D eigenvalue weighted by atomic mass is 10.4. The van der Waals surface area contributed by atoms with E-state index in [1.807, 2.05) is 5.32 Å². The zero-order valence-corrected chi connectivity index (χ0v) is 9.59. The summed E-state index contributed by atoms with van der Waals surface area (Å²) in [6.07, 6.45) is 0. The fourth-order valence-corrected chi connectivity index (χ4v) is 0.721. The normalized spacial score (nSPS) is 11.5. The second-order valence-electron chi connectivity index (χ2n) is 2.94. The highest BCUT2D eigenvalue weighted by Crippen LogP contribution is 1.93. The first kappa shape index (κ1) is 13.7. The molecule has 0 saturated heterocycles. The van der Waals surface area contributed by atoms with Gasteiger partial charge in [0.15, 0.2) is 0 Å². The molecule has 0 aliphatic heterocycles. The Morgan fingerprint density at radius 1 is 1.40 bits per heavy atom. The van der Waals surface area contributed by atoms with Crippen LogP contribution in [0.1, 0.15) is 6.92 Å². The lowest BCUT2D eigenvalue weighted by molar-refractivity contribution is -0.122. The van der Waals surface area contributed by atoms with E-state index in [0.29, 0.717) is 0 Å². The molecule has 0 heterocycles. The van der Waals surface area contributed by atoms with Crippen LogP contribution in [0.4, 0.5) is 4.79 Å². The molecule has 0 fully saturated rings. The Kier molecular flexibility index (Phi) is 5.69. The number of carbonyl (C=O) groups is 3. The maximum Gasteiger partial charge on any atom is 0.324 e. The zero-order chi connectivity index (χ0) is 12.0. The number of nitrogens with one attached hydrogen (secondary N) is 2. The largest absolute Gasteiger partial charge is 0.358 e. The van der Waals surface area contributed by atoms with Gasteiger partial charge in [0.05, 0.1) is 0 Å². The number of imide groups is 1. The number of urea groups is 1. The van der Waals surface area contributed by atoms with Crippen molar-refractivity contribution in [3.8, 4) is 0 Å². The average molecular weight is 236 g/mol. The first-order valence-corrected chi connectivity index (χ1v) is 4.72. The fraction of sp³-hybridized carbons (Fsp3) is 0.625. The second kappa shape index (κ2) is 6.23. The first-order chi connectivity index (χ1) is 6.88. The summed E-state index contributed by atoms with van der Waals surface area (Å²) in [5.41, 5.74) is 0. The number of carbonyl (C=O) groups excluding carboxylic acids is 3. The van der Waals surface area contributed by atoms with E-state index < -0.39 is 17.3 Å². The van der Waals surface area contributed by atoms with Gasteiger partial charge >= 0.3 is 6.03 Å². The van der Waals surface area contributed by atoms with Crippen molar-refractivity contribution in [2.45, 2.75) is 12.3 Å². The molecule has 0 aromatic heterocycles.